The molecule has 1 N–H and O–H groups in total. The Bertz CT molecular complexity index is 626. The van der Waals surface area contributed by atoms with Crippen LogP contribution in [0.1, 0.15) is 23.5 Å². The van der Waals surface area contributed by atoms with E-state index in [-0.39, 0.29) is 23.6 Å². The highest BCUT2D eigenvalue weighted by atomic mass is 19.1. The topological polar surface area (TPSA) is 29.1 Å². The van der Waals surface area contributed by atoms with Gasteiger partial charge < -0.3 is 5.32 Å². The fourth-order valence-electron chi connectivity index (χ4n) is 2.71. The van der Waals surface area contributed by atoms with Crippen LogP contribution >= 0.6 is 0 Å². The highest BCUT2D eigenvalue weighted by Crippen LogP contribution is 2.48. The maximum absolute atomic E-state index is 13.7. The van der Waals surface area contributed by atoms with E-state index in [0.29, 0.717) is 12.1 Å². The average molecular weight is 283 g/mol. The highest BCUT2D eigenvalue weighted by molar-refractivity contribution is 5.82. The molecular weight excluding hydrogens is 265 g/mol. The molecule has 0 radical (unpaired) electrons. The molecule has 1 fully saturated rings. The van der Waals surface area contributed by atoms with Crippen LogP contribution in [-0.4, -0.2) is 12.5 Å². The standard InChI is InChI=1S/C18H18FNO/c19-17-9-5-4-8-14(17)15-12-16(15)18(21)20-11-10-13-6-2-1-3-7-13/h1-9,15-16H,10-12H2,(H,20,21). The number of carbonyl (C=O) groups excluding carboxylic acids is 1. The zero-order valence-electron chi connectivity index (χ0n) is 11.8. The number of halogens is 1. The molecule has 1 saturated carbocycles. The molecule has 0 spiro atoms. The quantitative estimate of drug-likeness (QED) is 0.896. The maximum Gasteiger partial charge on any atom is 0.223 e. The predicted octanol–water partition coefficient (Wildman–Crippen LogP) is 3.29. The van der Waals surface area contributed by atoms with Crippen molar-refractivity contribution in [3.8, 4) is 0 Å². The molecule has 1 aliphatic rings. The van der Waals surface area contributed by atoms with Gasteiger partial charge in [-0.05, 0) is 36.0 Å². The van der Waals surface area contributed by atoms with Gasteiger partial charge in [0, 0.05) is 12.5 Å². The summed E-state index contributed by atoms with van der Waals surface area (Å²) in [5.41, 5.74) is 1.87. The predicted molar refractivity (Wildman–Crippen MR) is 80.4 cm³/mol. The van der Waals surface area contributed by atoms with E-state index in [2.05, 4.69) is 5.32 Å². The summed E-state index contributed by atoms with van der Waals surface area (Å²) >= 11 is 0. The van der Waals surface area contributed by atoms with Gasteiger partial charge in [0.2, 0.25) is 5.91 Å². The molecule has 21 heavy (non-hydrogen) atoms. The lowest BCUT2D eigenvalue weighted by Crippen LogP contribution is -2.27. The second-order valence-electron chi connectivity index (χ2n) is 5.50. The number of carbonyl (C=O) groups is 1. The van der Waals surface area contributed by atoms with E-state index in [1.165, 1.54) is 11.6 Å². The van der Waals surface area contributed by atoms with Crippen LogP contribution in [0, 0.1) is 11.7 Å². The first kappa shape index (κ1) is 13.8. The molecule has 2 aromatic rings. The van der Waals surface area contributed by atoms with E-state index < -0.39 is 0 Å². The molecule has 2 atom stereocenters. The first-order valence-corrected chi connectivity index (χ1v) is 7.32. The lowest BCUT2D eigenvalue weighted by molar-refractivity contribution is -0.122. The van der Waals surface area contributed by atoms with Gasteiger partial charge >= 0.3 is 0 Å². The van der Waals surface area contributed by atoms with E-state index in [4.69, 9.17) is 0 Å². The minimum atomic E-state index is -0.206. The summed E-state index contributed by atoms with van der Waals surface area (Å²) in [5, 5.41) is 2.95. The third-order valence-electron chi connectivity index (χ3n) is 3.99. The van der Waals surface area contributed by atoms with Crippen LogP contribution in [0.5, 0.6) is 0 Å². The first-order chi connectivity index (χ1) is 10.3. The molecule has 3 rings (SSSR count). The van der Waals surface area contributed by atoms with Crippen LogP contribution in [0.25, 0.3) is 0 Å². The summed E-state index contributed by atoms with van der Waals surface area (Å²) in [6, 6.07) is 16.8. The Labute approximate surface area is 124 Å². The van der Waals surface area contributed by atoms with Crippen molar-refractivity contribution in [3.63, 3.8) is 0 Å². The van der Waals surface area contributed by atoms with Crippen molar-refractivity contribution in [2.75, 3.05) is 6.54 Å². The fourth-order valence-corrected chi connectivity index (χ4v) is 2.71. The smallest absolute Gasteiger partial charge is 0.223 e. The van der Waals surface area contributed by atoms with Gasteiger partial charge in [-0.15, -0.1) is 0 Å². The fraction of sp³-hybridized carbons (Fsp3) is 0.278. The highest BCUT2D eigenvalue weighted by Gasteiger charge is 2.44. The van der Waals surface area contributed by atoms with Crippen molar-refractivity contribution in [2.45, 2.75) is 18.8 Å². The molecule has 0 aliphatic heterocycles. The minimum absolute atomic E-state index is 0.0409. The lowest BCUT2D eigenvalue weighted by atomic mass is 10.1. The van der Waals surface area contributed by atoms with Crippen LogP contribution in [0.4, 0.5) is 4.39 Å². The second kappa shape index (κ2) is 6.08. The van der Waals surface area contributed by atoms with Crippen molar-refractivity contribution < 1.29 is 9.18 Å². The third-order valence-corrected chi connectivity index (χ3v) is 3.99. The molecule has 0 saturated heterocycles. The number of amides is 1. The zero-order chi connectivity index (χ0) is 14.7. The summed E-state index contributed by atoms with van der Waals surface area (Å²) < 4.78 is 13.7. The van der Waals surface area contributed by atoms with E-state index >= 15 is 0 Å². The van der Waals surface area contributed by atoms with E-state index in [0.717, 1.165) is 12.8 Å². The molecule has 2 unspecified atom stereocenters. The number of nitrogens with one attached hydrogen (secondary N) is 1. The van der Waals surface area contributed by atoms with Gasteiger partial charge in [0.1, 0.15) is 5.82 Å². The average Bonchev–Trinajstić information content (AvgIpc) is 3.29. The second-order valence-corrected chi connectivity index (χ2v) is 5.50. The van der Waals surface area contributed by atoms with E-state index in [1.54, 1.807) is 12.1 Å². The monoisotopic (exact) mass is 283 g/mol. The first-order valence-electron chi connectivity index (χ1n) is 7.32. The van der Waals surface area contributed by atoms with Gasteiger partial charge in [-0.2, -0.15) is 0 Å². The van der Waals surface area contributed by atoms with Crippen molar-refractivity contribution >= 4 is 5.91 Å². The zero-order valence-corrected chi connectivity index (χ0v) is 11.8. The van der Waals surface area contributed by atoms with Gasteiger partial charge in [0.25, 0.3) is 0 Å². The van der Waals surface area contributed by atoms with Crippen LogP contribution in [0.15, 0.2) is 54.6 Å². The Morgan fingerprint density at radius 1 is 1.10 bits per heavy atom. The number of hydrogen-bond donors (Lipinski definition) is 1. The Hall–Kier alpha value is -2.16. The molecule has 0 aromatic heterocycles. The van der Waals surface area contributed by atoms with Crippen LogP contribution in [0.3, 0.4) is 0 Å². The van der Waals surface area contributed by atoms with Gasteiger partial charge in [-0.1, -0.05) is 48.5 Å². The minimum Gasteiger partial charge on any atom is -0.356 e. The molecule has 3 heteroatoms. The third kappa shape index (κ3) is 3.30. The van der Waals surface area contributed by atoms with Crippen LogP contribution in [-0.2, 0) is 11.2 Å². The molecular formula is C18H18FNO. The molecule has 1 amide bonds. The SMILES string of the molecule is O=C(NCCc1ccccc1)C1CC1c1ccccc1F. The largest absolute Gasteiger partial charge is 0.356 e. The normalized spacial score (nSPS) is 20.0. The lowest BCUT2D eigenvalue weighted by Gasteiger charge is -2.05. The molecule has 108 valence electrons. The maximum atomic E-state index is 13.7. The summed E-state index contributed by atoms with van der Waals surface area (Å²) in [6.07, 6.45) is 1.57. The number of rotatable bonds is 5. The Kier molecular flexibility index (Phi) is 4.00. The van der Waals surface area contributed by atoms with Gasteiger partial charge in [0.05, 0.1) is 0 Å². The van der Waals surface area contributed by atoms with Gasteiger partial charge in [0.15, 0.2) is 0 Å². The van der Waals surface area contributed by atoms with E-state index in [1.807, 2.05) is 36.4 Å². The van der Waals surface area contributed by atoms with E-state index in [9.17, 15) is 9.18 Å². The molecule has 1 aliphatic carbocycles. The van der Waals surface area contributed by atoms with Crippen LogP contribution in [0.2, 0.25) is 0 Å². The van der Waals surface area contributed by atoms with Crippen LogP contribution < -0.4 is 5.32 Å². The van der Waals surface area contributed by atoms with Crippen molar-refractivity contribution in [1.29, 1.82) is 0 Å². The number of benzene rings is 2. The Morgan fingerprint density at radius 2 is 1.81 bits per heavy atom. The Balaban J connectivity index is 1.49. The van der Waals surface area contributed by atoms with Crippen molar-refractivity contribution in [2.24, 2.45) is 5.92 Å². The van der Waals surface area contributed by atoms with Gasteiger partial charge in [-0.3, -0.25) is 4.79 Å². The molecule has 0 heterocycles. The van der Waals surface area contributed by atoms with Gasteiger partial charge in [-0.25, -0.2) is 4.39 Å². The summed E-state index contributed by atoms with van der Waals surface area (Å²) in [6.45, 7) is 0.628. The number of hydrogen-bond acceptors (Lipinski definition) is 1. The summed E-state index contributed by atoms with van der Waals surface area (Å²) in [4.78, 5) is 12.1. The van der Waals surface area contributed by atoms with Crippen molar-refractivity contribution in [3.05, 3.63) is 71.5 Å². The Morgan fingerprint density at radius 3 is 2.57 bits per heavy atom. The molecule has 2 aromatic carbocycles. The molecule has 0 bridgehead atoms. The summed E-state index contributed by atoms with van der Waals surface area (Å²) in [5.74, 6) is -0.193. The molecule has 2 nitrogen and oxygen atoms in total. The summed E-state index contributed by atoms with van der Waals surface area (Å²) in [7, 11) is 0. The van der Waals surface area contributed by atoms with Crippen molar-refractivity contribution in [1.82, 2.24) is 5.32 Å².